The molecule has 17 atom stereocenters. The van der Waals surface area contributed by atoms with Crippen LogP contribution in [-0.4, -0.2) is 193 Å². The summed E-state index contributed by atoms with van der Waals surface area (Å²) in [6, 6.07) is -0.884. The van der Waals surface area contributed by atoms with E-state index < -0.39 is 124 Å². The number of hydrogen-bond acceptors (Lipinski definition) is 18. The van der Waals surface area contributed by atoms with Gasteiger partial charge in [-0.25, -0.2) is 0 Å². The van der Waals surface area contributed by atoms with Crippen molar-refractivity contribution >= 4 is 5.91 Å². The predicted octanol–water partition coefficient (Wildman–Crippen LogP) is 9.83. The lowest BCUT2D eigenvalue weighted by Crippen LogP contribution is -2.66. The van der Waals surface area contributed by atoms with Gasteiger partial charge in [-0.15, -0.1) is 0 Å². The lowest BCUT2D eigenvalue weighted by molar-refractivity contribution is -0.379. The first-order valence-corrected chi connectivity index (χ1v) is 36.1. The number of aliphatic hydroxyl groups is 11. The number of carbonyl (C=O) groups excluding carboxylic acids is 1. The number of ether oxygens (including phenoxy) is 6. The molecule has 3 aliphatic heterocycles. The number of hydrogen-bond donors (Lipinski definition) is 12. The Kier molecular flexibility index (Phi) is 48.1. The van der Waals surface area contributed by atoms with Gasteiger partial charge in [0, 0.05) is 6.42 Å². The van der Waals surface area contributed by atoms with Crippen LogP contribution in [0.2, 0.25) is 0 Å². The molecule has 3 rings (SSSR count). The summed E-state index contributed by atoms with van der Waals surface area (Å²) in [6.45, 7) is 1.80. The summed E-state index contributed by atoms with van der Waals surface area (Å²) in [5, 5.41) is 121. The third-order valence-corrected chi connectivity index (χ3v) is 18.3. The molecule has 19 nitrogen and oxygen atoms in total. The molecule has 0 bridgehead atoms. The van der Waals surface area contributed by atoms with E-state index in [-0.39, 0.29) is 18.9 Å². The maximum absolute atomic E-state index is 13.4. The highest BCUT2D eigenvalue weighted by atomic mass is 16.8. The topological polar surface area (TPSA) is 307 Å². The molecule has 0 aromatic rings. The van der Waals surface area contributed by atoms with E-state index in [0.717, 1.165) is 51.4 Å². The molecule has 12 N–H and O–H groups in total. The number of carbonyl (C=O) groups is 1. The SMILES string of the molecule is CCCCCCC/C=C\C/C=C\CCCCCCCCCCCCCCCCCCCCCC(=O)NC(COC1OC(CO)C(OC2OC(CO)C(OC3OC(CO)C(O)C(O)C3O)C(O)C2O)C(O)C1O)C(O)CCCCCCCCCCCCCCC. The third-order valence-electron chi connectivity index (χ3n) is 18.3. The van der Waals surface area contributed by atoms with Gasteiger partial charge in [-0.2, -0.15) is 0 Å². The van der Waals surface area contributed by atoms with E-state index in [1.165, 1.54) is 199 Å². The zero-order valence-corrected chi connectivity index (χ0v) is 55.4. The van der Waals surface area contributed by atoms with E-state index in [2.05, 4.69) is 43.5 Å². The van der Waals surface area contributed by atoms with E-state index >= 15 is 0 Å². The number of aliphatic hydroxyl groups excluding tert-OH is 11. The van der Waals surface area contributed by atoms with Gasteiger partial charge in [0.15, 0.2) is 18.9 Å². The van der Waals surface area contributed by atoms with Crippen LogP contribution in [0.1, 0.15) is 284 Å². The highest BCUT2D eigenvalue weighted by molar-refractivity contribution is 5.76. The second kappa shape index (κ2) is 52.5. The number of nitrogens with one attached hydrogen (secondary N) is 1. The van der Waals surface area contributed by atoms with E-state index in [1.807, 2.05) is 0 Å². The van der Waals surface area contributed by atoms with Gasteiger partial charge >= 0.3 is 0 Å². The summed E-state index contributed by atoms with van der Waals surface area (Å²) in [5.41, 5.74) is 0. The van der Waals surface area contributed by atoms with Gasteiger partial charge in [-0.05, 0) is 44.9 Å². The molecular weight excluding hydrogens is 1140 g/mol. The summed E-state index contributed by atoms with van der Waals surface area (Å²) in [5.74, 6) is -0.239. The maximum Gasteiger partial charge on any atom is 0.220 e. The average Bonchev–Trinajstić information content (AvgIpc) is 1.92. The molecule has 0 radical (unpaired) electrons. The van der Waals surface area contributed by atoms with Crippen LogP contribution in [0.5, 0.6) is 0 Å². The zero-order chi connectivity index (χ0) is 64.7. The average molecular weight is 1270 g/mol. The van der Waals surface area contributed by atoms with Crippen molar-refractivity contribution in [2.24, 2.45) is 0 Å². The molecule has 0 spiro atoms. The quantitative estimate of drug-likeness (QED) is 0.0199. The minimum Gasteiger partial charge on any atom is -0.394 e. The van der Waals surface area contributed by atoms with Crippen molar-refractivity contribution in [3.8, 4) is 0 Å². The minimum absolute atomic E-state index is 0.239. The van der Waals surface area contributed by atoms with Gasteiger partial charge in [-0.1, -0.05) is 256 Å². The summed E-state index contributed by atoms with van der Waals surface area (Å²) in [4.78, 5) is 13.4. The fourth-order valence-electron chi connectivity index (χ4n) is 12.4. The van der Waals surface area contributed by atoms with E-state index in [4.69, 9.17) is 28.4 Å². The lowest BCUT2D eigenvalue weighted by atomic mass is 9.96. The van der Waals surface area contributed by atoms with Crippen molar-refractivity contribution in [3.63, 3.8) is 0 Å². The molecule has 1 amide bonds. The molecule has 3 heterocycles. The van der Waals surface area contributed by atoms with Gasteiger partial charge in [0.2, 0.25) is 5.91 Å². The Labute approximate surface area is 537 Å². The highest BCUT2D eigenvalue weighted by Crippen LogP contribution is 2.33. The molecule has 17 unspecified atom stereocenters. The summed E-state index contributed by atoms with van der Waals surface area (Å²) >= 11 is 0. The van der Waals surface area contributed by atoms with Crippen molar-refractivity contribution in [2.45, 2.75) is 388 Å². The Morgan fingerprint density at radius 1 is 0.404 bits per heavy atom. The molecule has 0 aromatic carbocycles. The van der Waals surface area contributed by atoms with E-state index in [0.29, 0.717) is 12.8 Å². The molecule has 0 saturated carbocycles. The molecule has 0 aliphatic carbocycles. The third kappa shape index (κ3) is 34.5. The van der Waals surface area contributed by atoms with Gasteiger partial charge in [0.1, 0.15) is 73.2 Å². The van der Waals surface area contributed by atoms with Gasteiger partial charge in [-0.3, -0.25) is 4.79 Å². The van der Waals surface area contributed by atoms with Crippen molar-refractivity contribution in [3.05, 3.63) is 24.3 Å². The first kappa shape index (κ1) is 81.5. The van der Waals surface area contributed by atoms with Crippen LogP contribution >= 0.6 is 0 Å². The van der Waals surface area contributed by atoms with E-state index in [9.17, 15) is 61.0 Å². The first-order chi connectivity index (χ1) is 43.3. The fourth-order valence-corrected chi connectivity index (χ4v) is 12.4. The van der Waals surface area contributed by atoms with Crippen LogP contribution in [0.25, 0.3) is 0 Å². The van der Waals surface area contributed by atoms with Crippen LogP contribution in [0.3, 0.4) is 0 Å². The van der Waals surface area contributed by atoms with Gasteiger partial charge in [0.25, 0.3) is 0 Å². The van der Waals surface area contributed by atoms with Crippen molar-refractivity contribution in [1.29, 1.82) is 0 Å². The standard InChI is InChI=1S/C70H131NO18/c1-3-5-7-9-11-13-15-17-18-19-20-21-22-23-24-25-26-27-28-29-30-31-32-33-34-36-38-40-42-44-46-48-58(76)71-53(54(75)47-45-43-41-39-37-35-16-14-12-10-8-6-4-2)52-84-68-64(82)61(79)66(56(50-73)86-68)89-70-65(83)62(80)67(57(51-74)87-70)88-69-63(81)60(78)59(77)55(49-72)85-69/h15,17,19-20,53-57,59-70,72-75,77-83H,3-14,16,18,21-52H2,1-2H3,(H,71,76)/b17-15-,20-19-. The van der Waals surface area contributed by atoms with Crippen molar-refractivity contribution in [2.75, 3.05) is 26.4 Å². The van der Waals surface area contributed by atoms with Crippen LogP contribution in [0.4, 0.5) is 0 Å². The van der Waals surface area contributed by atoms with E-state index in [1.54, 1.807) is 0 Å². The van der Waals surface area contributed by atoms with Crippen LogP contribution in [0, 0.1) is 0 Å². The Morgan fingerprint density at radius 2 is 0.742 bits per heavy atom. The molecule has 89 heavy (non-hydrogen) atoms. The number of unbranched alkanes of at least 4 members (excludes halogenated alkanes) is 36. The Balaban J connectivity index is 1.35. The smallest absolute Gasteiger partial charge is 0.220 e. The molecule has 19 heteroatoms. The summed E-state index contributed by atoms with van der Waals surface area (Å²) in [7, 11) is 0. The first-order valence-electron chi connectivity index (χ1n) is 36.1. The Morgan fingerprint density at radius 3 is 1.15 bits per heavy atom. The zero-order valence-electron chi connectivity index (χ0n) is 55.4. The molecule has 3 fully saturated rings. The second-order valence-corrected chi connectivity index (χ2v) is 26.1. The van der Waals surface area contributed by atoms with Crippen LogP contribution in [0.15, 0.2) is 24.3 Å². The highest BCUT2D eigenvalue weighted by Gasteiger charge is 2.53. The normalized spacial score (nSPS) is 28.3. The van der Waals surface area contributed by atoms with Gasteiger partial charge in [0.05, 0.1) is 38.6 Å². The second-order valence-electron chi connectivity index (χ2n) is 26.1. The fraction of sp³-hybridized carbons (Fsp3) is 0.929. The predicted molar refractivity (Wildman–Crippen MR) is 346 cm³/mol. The minimum atomic E-state index is -1.97. The Hall–Kier alpha value is -1.73. The maximum atomic E-state index is 13.4. The molecular formula is C70H131NO18. The molecule has 524 valence electrons. The number of amides is 1. The van der Waals surface area contributed by atoms with Crippen LogP contribution in [-0.2, 0) is 33.2 Å². The summed E-state index contributed by atoms with van der Waals surface area (Å²) in [6.07, 6.45) is 32.8. The summed E-state index contributed by atoms with van der Waals surface area (Å²) < 4.78 is 34.4. The number of rotatable bonds is 56. The van der Waals surface area contributed by atoms with Crippen LogP contribution < -0.4 is 5.32 Å². The lowest BCUT2D eigenvalue weighted by Gasteiger charge is -2.48. The largest absolute Gasteiger partial charge is 0.394 e. The monoisotopic (exact) mass is 1270 g/mol. The van der Waals surface area contributed by atoms with Crippen molar-refractivity contribution in [1.82, 2.24) is 5.32 Å². The molecule has 0 aromatic heterocycles. The molecule has 3 saturated heterocycles. The number of allylic oxidation sites excluding steroid dienone is 4. The molecule has 3 aliphatic rings. The van der Waals surface area contributed by atoms with Crippen molar-refractivity contribution < 1.29 is 89.4 Å². The Bertz CT molecular complexity index is 1710. The van der Waals surface area contributed by atoms with Gasteiger partial charge < -0.3 is 89.9 Å².